The maximum atomic E-state index is 12.7. The van der Waals surface area contributed by atoms with Crippen molar-refractivity contribution >= 4 is 23.2 Å². The van der Waals surface area contributed by atoms with E-state index >= 15 is 0 Å². The van der Waals surface area contributed by atoms with Crippen molar-refractivity contribution in [2.75, 3.05) is 38.2 Å². The number of benzene rings is 1. The second-order valence-corrected chi connectivity index (χ2v) is 5.77. The molecule has 3 rings (SSSR count). The average Bonchev–Trinajstić information content (AvgIpc) is 2.62. The lowest BCUT2D eigenvalue weighted by Crippen LogP contribution is -2.48. The van der Waals surface area contributed by atoms with Gasteiger partial charge in [0.2, 0.25) is 0 Å². The van der Waals surface area contributed by atoms with Gasteiger partial charge >= 0.3 is 0 Å². The van der Waals surface area contributed by atoms with Gasteiger partial charge in [-0.05, 0) is 30.3 Å². The van der Waals surface area contributed by atoms with Crippen molar-refractivity contribution in [1.82, 2.24) is 9.88 Å². The summed E-state index contributed by atoms with van der Waals surface area (Å²) in [6.45, 7) is 2.91. The third-order valence-corrected chi connectivity index (χ3v) is 4.22. The van der Waals surface area contributed by atoms with Gasteiger partial charge in [0.25, 0.3) is 5.91 Å². The molecule has 2 heterocycles. The monoisotopic (exact) mass is 331 g/mol. The van der Waals surface area contributed by atoms with E-state index < -0.39 is 0 Å². The molecule has 6 heteroatoms. The Labute approximate surface area is 140 Å². The van der Waals surface area contributed by atoms with E-state index in [1.807, 2.05) is 17.0 Å². The highest BCUT2D eigenvalue weighted by atomic mass is 35.5. The number of carbonyl (C=O) groups is 1. The van der Waals surface area contributed by atoms with Gasteiger partial charge in [-0.1, -0.05) is 11.6 Å². The van der Waals surface area contributed by atoms with Crippen LogP contribution in [0.2, 0.25) is 5.02 Å². The lowest BCUT2D eigenvalue weighted by Gasteiger charge is -2.36. The average molecular weight is 332 g/mol. The summed E-state index contributed by atoms with van der Waals surface area (Å²) in [6.07, 6.45) is 3.56. The molecule has 1 aliphatic rings. The van der Waals surface area contributed by atoms with Gasteiger partial charge in [0.1, 0.15) is 5.75 Å². The second-order valence-electron chi connectivity index (χ2n) is 5.33. The van der Waals surface area contributed by atoms with Crippen LogP contribution in [0.5, 0.6) is 5.75 Å². The molecule has 1 fully saturated rings. The van der Waals surface area contributed by atoms with Crippen molar-refractivity contribution in [1.29, 1.82) is 0 Å². The number of amides is 1. The van der Waals surface area contributed by atoms with Crippen molar-refractivity contribution in [3.8, 4) is 5.75 Å². The van der Waals surface area contributed by atoms with Crippen LogP contribution in [0.3, 0.4) is 0 Å². The number of rotatable bonds is 3. The minimum atomic E-state index is -0.0428. The molecule has 0 saturated carbocycles. The van der Waals surface area contributed by atoms with Crippen molar-refractivity contribution in [2.45, 2.75) is 0 Å². The summed E-state index contributed by atoms with van der Waals surface area (Å²) in [7, 11) is 1.56. The molecule has 0 radical (unpaired) electrons. The van der Waals surface area contributed by atoms with E-state index in [1.54, 1.807) is 37.7 Å². The smallest absolute Gasteiger partial charge is 0.257 e. The molecule has 120 valence electrons. The highest BCUT2D eigenvalue weighted by molar-refractivity contribution is 6.31. The Morgan fingerprint density at radius 1 is 1.13 bits per heavy atom. The van der Waals surface area contributed by atoms with Gasteiger partial charge in [-0.2, -0.15) is 0 Å². The van der Waals surface area contributed by atoms with Gasteiger partial charge in [0.05, 0.1) is 12.7 Å². The van der Waals surface area contributed by atoms with Crippen molar-refractivity contribution < 1.29 is 9.53 Å². The van der Waals surface area contributed by atoms with E-state index in [0.717, 1.165) is 18.8 Å². The summed E-state index contributed by atoms with van der Waals surface area (Å²) < 4.78 is 5.28. The van der Waals surface area contributed by atoms with Crippen LogP contribution in [0.1, 0.15) is 10.4 Å². The van der Waals surface area contributed by atoms with E-state index in [-0.39, 0.29) is 5.91 Å². The molecule has 5 nitrogen and oxygen atoms in total. The fourth-order valence-electron chi connectivity index (χ4n) is 2.74. The number of anilines is 1. The molecule has 0 unspecified atom stereocenters. The summed E-state index contributed by atoms with van der Waals surface area (Å²) in [5.41, 5.74) is 1.64. The normalized spacial score (nSPS) is 14.7. The Bertz CT molecular complexity index is 685. The SMILES string of the molecule is COc1ccc(Cl)cc1C(=O)N1CCN(c2ccncc2)CC1. The summed E-state index contributed by atoms with van der Waals surface area (Å²) in [6, 6.07) is 9.08. The van der Waals surface area contributed by atoms with Gasteiger partial charge < -0.3 is 14.5 Å². The van der Waals surface area contributed by atoms with Gasteiger partial charge in [-0.25, -0.2) is 0 Å². The topological polar surface area (TPSA) is 45.7 Å². The first-order chi connectivity index (χ1) is 11.2. The summed E-state index contributed by atoms with van der Waals surface area (Å²) >= 11 is 6.02. The number of aromatic nitrogens is 1. The minimum absolute atomic E-state index is 0.0428. The number of carbonyl (C=O) groups excluding carboxylic acids is 1. The fraction of sp³-hybridized carbons (Fsp3) is 0.294. The van der Waals surface area contributed by atoms with E-state index in [2.05, 4.69) is 9.88 Å². The maximum absolute atomic E-state index is 12.7. The van der Waals surface area contributed by atoms with Gasteiger partial charge in [-0.3, -0.25) is 9.78 Å². The number of methoxy groups -OCH3 is 1. The highest BCUT2D eigenvalue weighted by Crippen LogP contribution is 2.25. The Morgan fingerprint density at radius 3 is 2.48 bits per heavy atom. The molecule has 1 saturated heterocycles. The van der Waals surface area contributed by atoms with E-state index in [1.165, 1.54) is 0 Å². The van der Waals surface area contributed by atoms with E-state index in [4.69, 9.17) is 16.3 Å². The zero-order chi connectivity index (χ0) is 16.2. The Kier molecular flexibility index (Phi) is 4.67. The van der Waals surface area contributed by atoms with Crippen LogP contribution < -0.4 is 9.64 Å². The van der Waals surface area contributed by atoms with Gasteiger partial charge in [0.15, 0.2) is 0 Å². The fourth-order valence-corrected chi connectivity index (χ4v) is 2.91. The van der Waals surface area contributed by atoms with Gasteiger partial charge in [-0.15, -0.1) is 0 Å². The van der Waals surface area contributed by atoms with Crippen LogP contribution in [-0.4, -0.2) is 49.1 Å². The molecule has 0 atom stereocenters. The van der Waals surface area contributed by atoms with Gasteiger partial charge in [0, 0.05) is 49.3 Å². The quantitative estimate of drug-likeness (QED) is 0.867. The number of nitrogens with zero attached hydrogens (tertiary/aromatic N) is 3. The minimum Gasteiger partial charge on any atom is -0.496 e. The van der Waals surface area contributed by atoms with Crippen molar-refractivity contribution in [2.24, 2.45) is 0 Å². The zero-order valence-corrected chi connectivity index (χ0v) is 13.7. The Hall–Kier alpha value is -2.27. The van der Waals surface area contributed by atoms with Crippen molar-refractivity contribution in [3.63, 3.8) is 0 Å². The predicted octanol–water partition coefficient (Wildman–Crippen LogP) is 2.71. The maximum Gasteiger partial charge on any atom is 0.257 e. The number of halogens is 1. The summed E-state index contributed by atoms with van der Waals surface area (Å²) in [4.78, 5) is 20.9. The first kappa shape index (κ1) is 15.6. The number of ether oxygens (including phenoxy) is 1. The lowest BCUT2D eigenvalue weighted by atomic mass is 10.1. The first-order valence-corrected chi connectivity index (χ1v) is 7.84. The number of pyridine rings is 1. The molecule has 23 heavy (non-hydrogen) atoms. The van der Waals surface area contributed by atoms with Crippen LogP contribution in [0, 0.1) is 0 Å². The van der Waals surface area contributed by atoms with Crippen LogP contribution in [0.4, 0.5) is 5.69 Å². The van der Waals surface area contributed by atoms with E-state index in [9.17, 15) is 4.79 Å². The molecular formula is C17H18ClN3O2. The number of hydrogen-bond acceptors (Lipinski definition) is 4. The highest BCUT2D eigenvalue weighted by Gasteiger charge is 2.24. The standard InChI is InChI=1S/C17H18ClN3O2/c1-23-16-3-2-13(18)12-15(16)17(22)21-10-8-20(9-11-21)14-4-6-19-7-5-14/h2-7,12H,8-11H2,1H3. The van der Waals surface area contributed by atoms with Crippen LogP contribution in [-0.2, 0) is 0 Å². The molecule has 0 bridgehead atoms. The largest absolute Gasteiger partial charge is 0.496 e. The van der Waals surface area contributed by atoms with Crippen LogP contribution >= 0.6 is 11.6 Å². The first-order valence-electron chi connectivity index (χ1n) is 7.47. The van der Waals surface area contributed by atoms with Crippen molar-refractivity contribution in [3.05, 3.63) is 53.3 Å². The molecule has 0 N–H and O–H groups in total. The van der Waals surface area contributed by atoms with Crippen LogP contribution in [0.25, 0.3) is 0 Å². The zero-order valence-electron chi connectivity index (χ0n) is 12.9. The molecule has 2 aromatic rings. The predicted molar refractivity (Wildman–Crippen MR) is 90.4 cm³/mol. The van der Waals surface area contributed by atoms with E-state index in [0.29, 0.717) is 29.4 Å². The second kappa shape index (κ2) is 6.87. The molecule has 1 amide bonds. The lowest BCUT2D eigenvalue weighted by molar-refractivity contribution is 0.0743. The molecule has 0 spiro atoms. The number of piperazine rings is 1. The molecule has 1 aromatic heterocycles. The third kappa shape index (κ3) is 3.40. The molecule has 1 aromatic carbocycles. The Balaban J connectivity index is 1.70. The molecular weight excluding hydrogens is 314 g/mol. The Morgan fingerprint density at radius 2 is 1.83 bits per heavy atom. The van der Waals surface area contributed by atoms with Crippen LogP contribution in [0.15, 0.2) is 42.7 Å². The molecule has 0 aliphatic carbocycles. The third-order valence-electron chi connectivity index (χ3n) is 3.99. The summed E-state index contributed by atoms with van der Waals surface area (Å²) in [5, 5.41) is 0.532. The summed E-state index contributed by atoms with van der Waals surface area (Å²) in [5.74, 6) is 0.509. The number of hydrogen-bond donors (Lipinski definition) is 0. The molecule has 1 aliphatic heterocycles.